The average Bonchev–Trinajstić information content (AvgIpc) is 2.41. The van der Waals surface area contributed by atoms with Crippen molar-refractivity contribution in [2.24, 2.45) is 5.73 Å². The zero-order valence-electron chi connectivity index (χ0n) is 9.58. The zero-order valence-corrected chi connectivity index (χ0v) is 9.58. The Labute approximate surface area is 91.1 Å². The Morgan fingerprint density at radius 3 is 2.60 bits per heavy atom. The minimum atomic E-state index is 0.0264. The van der Waals surface area contributed by atoms with E-state index in [1.165, 1.54) is 30.5 Å². The van der Waals surface area contributed by atoms with Gasteiger partial charge in [-0.2, -0.15) is 0 Å². The topological polar surface area (TPSA) is 51.8 Å². The smallest absolute Gasteiger partial charge is 0.125 e. The van der Waals surface area contributed by atoms with E-state index < -0.39 is 0 Å². The quantitative estimate of drug-likeness (QED) is 0.714. The Morgan fingerprint density at radius 1 is 1.13 bits per heavy atom. The molecule has 0 aromatic carbocycles. The summed E-state index contributed by atoms with van der Waals surface area (Å²) in [7, 11) is 0. The summed E-state index contributed by atoms with van der Waals surface area (Å²) in [5, 5.41) is 0. The third-order valence-corrected chi connectivity index (χ3v) is 3.01. The van der Waals surface area contributed by atoms with Crippen LogP contribution in [0.15, 0.2) is 0 Å². The van der Waals surface area contributed by atoms with Crippen molar-refractivity contribution in [2.75, 3.05) is 0 Å². The highest BCUT2D eigenvalue weighted by atomic mass is 14.9. The fourth-order valence-electron chi connectivity index (χ4n) is 2.30. The van der Waals surface area contributed by atoms with Crippen LogP contribution in [0.25, 0.3) is 0 Å². The number of nitrogens with two attached hydrogens (primary N) is 1. The third kappa shape index (κ3) is 2.17. The lowest BCUT2D eigenvalue weighted by atomic mass is 10.0. The Bertz CT molecular complexity index is 358. The molecule has 1 aromatic heterocycles. The second-order valence-electron chi connectivity index (χ2n) is 4.43. The number of rotatable bonds is 1. The van der Waals surface area contributed by atoms with Gasteiger partial charge in [-0.1, -0.05) is 6.42 Å². The van der Waals surface area contributed by atoms with E-state index in [4.69, 9.17) is 5.73 Å². The zero-order chi connectivity index (χ0) is 10.8. The highest BCUT2D eigenvalue weighted by Crippen LogP contribution is 2.24. The molecule has 3 nitrogen and oxygen atoms in total. The van der Waals surface area contributed by atoms with Crippen molar-refractivity contribution in [3.63, 3.8) is 0 Å². The van der Waals surface area contributed by atoms with Gasteiger partial charge in [-0.3, -0.25) is 0 Å². The van der Waals surface area contributed by atoms with Gasteiger partial charge < -0.3 is 5.73 Å². The van der Waals surface area contributed by atoms with Crippen LogP contribution >= 0.6 is 0 Å². The van der Waals surface area contributed by atoms with Crippen LogP contribution < -0.4 is 5.73 Å². The van der Waals surface area contributed by atoms with Crippen LogP contribution in [0.5, 0.6) is 0 Å². The molecule has 0 amide bonds. The van der Waals surface area contributed by atoms with E-state index in [0.29, 0.717) is 0 Å². The number of nitrogens with zero attached hydrogens (tertiary/aromatic N) is 2. The molecule has 0 saturated carbocycles. The van der Waals surface area contributed by atoms with Gasteiger partial charge >= 0.3 is 0 Å². The van der Waals surface area contributed by atoms with Crippen LogP contribution in [0.2, 0.25) is 0 Å². The van der Waals surface area contributed by atoms with E-state index in [0.717, 1.165) is 24.4 Å². The number of fused-ring (bicyclic) bond motifs is 1. The van der Waals surface area contributed by atoms with Crippen LogP contribution in [0.3, 0.4) is 0 Å². The first-order chi connectivity index (χ1) is 7.18. The van der Waals surface area contributed by atoms with Gasteiger partial charge in [0.2, 0.25) is 0 Å². The fraction of sp³-hybridized carbons (Fsp3) is 0.667. The number of aromatic nitrogens is 2. The first-order valence-corrected chi connectivity index (χ1v) is 5.80. The molecular weight excluding hydrogens is 186 g/mol. The maximum atomic E-state index is 5.97. The average molecular weight is 205 g/mol. The molecule has 3 heteroatoms. The van der Waals surface area contributed by atoms with Gasteiger partial charge in [0.25, 0.3) is 0 Å². The summed E-state index contributed by atoms with van der Waals surface area (Å²) in [6, 6.07) is 0.0264. The molecule has 2 N–H and O–H groups in total. The number of hydrogen-bond donors (Lipinski definition) is 1. The minimum Gasteiger partial charge on any atom is -0.323 e. The Hall–Kier alpha value is -0.960. The molecule has 2 rings (SSSR count). The monoisotopic (exact) mass is 205 g/mol. The Morgan fingerprint density at radius 2 is 1.87 bits per heavy atom. The second-order valence-corrected chi connectivity index (χ2v) is 4.43. The van der Waals surface area contributed by atoms with Crippen LogP contribution in [-0.2, 0) is 12.8 Å². The second kappa shape index (κ2) is 4.27. The Kier molecular flexibility index (Phi) is 3.00. The van der Waals surface area contributed by atoms with Crippen molar-refractivity contribution in [2.45, 2.75) is 52.0 Å². The van der Waals surface area contributed by atoms with Crippen molar-refractivity contribution < 1.29 is 0 Å². The molecule has 1 aliphatic rings. The van der Waals surface area contributed by atoms with E-state index in [2.05, 4.69) is 9.97 Å². The highest BCUT2D eigenvalue weighted by molar-refractivity contribution is 5.29. The van der Waals surface area contributed by atoms with Gasteiger partial charge in [0.1, 0.15) is 5.82 Å². The largest absolute Gasteiger partial charge is 0.323 e. The SMILES string of the molecule is Cc1nc2c(c(C(C)N)n1)CCCCC2. The minimum absolute atomic E-state index is 0.0264. The molecule has 0 aliphatic heterocycles. The number of hydrogen-bond acceptors (Lipinski definition) is 3. The molecule has 0 radical (unpaired) electrons. The number of aryl methyl sites for hydroxylation is 2. The van der Waals surface area contributed by atoms with Gasteiger partial charge in [0, 0.05) is 11.7 Å². The molecule has 15 heavy (non-hydrogen) atoms. The normalized spacial score (nSPS) is 18.1. The molecule has 0 fully saturated rings. The molecule has 0 bridgehead atoms. The van der Waals surface area contributed by atoms with E-state index in [-0.39, 0.29) is 6.04 Å². The van der Waals surface area contributed by atoms with Crippen LogP contribution in [0, 0.1) is 6.92 Å². The molecule has 1 heterocycles. The first kappa shape index (κ1) is 10.6. The standard InChI is InChI=1S/C12H19N3/c1-8(13)12-10-6-4-3-5-7-11(10)14-9(2)15-12/h8H,3-7,13H2,1-2H3. The van der Waals surface area contributed by atoms with Crippen LogP contribution in [0.4, 0.5) is 0 Å². The molecule has 1 atom stereocenters. The van der Waals surface area contributed by atoms with Crippen molar-refractivity contribution in [1.82, 2.24) is 9.97 Å². The summed E-state index contributed by atoms with van der Waals surface area (Å²) in [5.41, 5.74) is 9.61. The van der Waals surface area contributed by atoms with E-state index in [1.807, 2.05) is 13.8 Å². The third-order valence-electron chi connectivity index (χ3n) is 3.01. The molecule has 0 spiro atoms. The van der Waals surface area contributed by atoms with Crippen molar-refractivity contribution in [3.8, 4) is 0 Å². The summed E-state index contributed by atoms with van der Waals surface area (Å²) in [5.74, 6) is 0.864. The van der Waals surface area contributed by atoms with Crippen molar-refractivity contribution in [1.29, 1.82) is 0 Å². The van der Waals surface area contributed by atoms with Gasteiger partial charge in [0.05, 0.1) is 5.69 Å². The lowest BCUT2D eigenvalue weighted by Gasteiger charge is -2.14. The molecule has 82 valence electrons. The summed E-state index contributed by atoms with van der Waals surface area (Å²) in [4.78, 5) is 9.04. The lowest BCUT2D eigenvalue weighted by Crippen LogP contribution is -2.15. The van der Waals surface area contributed by atoms with Crippen LogP contribution in [0.1, 0.15) is 55.0 Å². The first-order valence-electron chi connectivity index (χ1n) is 5.80. The molecule has 0 saturated heterocycles. The van der Waals surface area contributed by atoms with Crippen molar-refractivity contribution >= 4 is 0 Å². The van der Waals surface area contributed by atoms with E-state index >= 15 is 0 Å². The maximum Gasteiger partial charge on any atom is 0.125 e. The maximum absolute atomic E-state index is 5.97. The van der Waals surface area contributed by atoms with Gasteiger partial charge in [-0.25, -0.2) is 9.97 Å². The summed E-state index contributed by atoms with van der Waals surface area (Å²) in [6.45, 7) is 3.96. The van der Waals surface area contributed by atoms with E-state index in [9.17, 15) is 0 Å². The molecular formula is C12H19N3. The summed E-state index contributed by atoms with van der Waals surface area (Å²) < 4.78 is 0. The predicted octanol–water partition coefficient (Wildman–Crippen LogP) is 2.07. The molecule has 1 aromatic rings. The highest BCUT2D eigenvalue weighted by Gasteiger charge is 2.17. The van der Waals surface area contributed by atoms with Crippen molar-refractivity contribution in [3.05, 3.63) is 22.8 Å². The summed E-state index contributed by atoms with van der Waals surface area (Å²) in [6.07, 6.45) is 6.00. The Balaban J connectivity index is 2.50. The van der Waals surface area contributed by atoms with Gasteiger partial charge in [-0.05, 0) is 45.1 Å². The summed E-state index contributed by atoms with van der Waals surface area (Å²) >= 11 is 0. The van der Waals surface area contributed by atoms with Gasteiger partial charge in [-0.15, -0.1) is 0 Å². The molecule has 1 unspecified atom stereocenters. The van der Waals surface area contributed by atoms with E-state index in [1.54, 1.807) is 0 Å². The molecule has 1 aliphatic carbocycles. The predicted molar refractivity (Wildman–Crippen MR) is 60.6 cm³/mol. The lowest BCUT2D eigenvalue weighted by molar-refractivity contribution is 0.703. The van der Waals surface area contributed by atoms with Crippen LogP contribution in [-0.4, -0.2) is 9.97 Å². The van der Waals surface area contributed by atoms with Gasteiger partial charge in [0.15, 0.2) is 0 Å². The fourth-order valence-corrected chi connectivity index (χ4v) is 2.30.